The Morgan fingerprint density at radius 2 is 1.96 bits per heavy atom. The number of pyridine rings is 1. The van der Waals surface area contributed by atoms with Gasteiger partial charge in [0.1, 0.15) is 5.75 Å². The van der Waals surface area contributed by atoms with E-state index in [1.54, 1.807) is 19.5 Å². The second-order valence-electron chi connectivity index (χ2n) is 5.59. The summed E-state index contributed by atoms with van der Waals surface area (Å²) >= 11 is 0. The van der Waals surface area contributed by atoms with Gasteiger partial charge in [-0.25, -0.2) is 0 Å². The maximum Gasteiger partial charge on any atom is 0.250 e. The summed E-state index contributed by atoms with van der Waals surface area (Å²) in [5, 5.41) is 1.88. The lowest BCUT2D eigenvalue weighted by molar-refractivity contribution is 0.100. The largest absolute Gasteiger partial charge is 0.497 e. The molecule has 3 N–H and O–H groups in total. The molecule has 0 saturated carbocycles. The second kappa shape index (κ2) is 6.45. The van der Waals surface area contributed by atoms with Crippen LogP contribution in [0.3, 0.4) is 0 Å². The van der Waals surface area contributed by atoms with E-state index < -0.39 is 5.91 Å². The number of aromatic amines is 1. The summed E-state index contributed by atoms with van der Waals surface area (Å²) in [6, 6.07) is 13.4. The summed E-state index contributed by atoms with van der Waals surface area (Å²) in [4.78, 5) is 19.4. The zero-order valence-corrected chi connectivity index (χ0v) is 14.3. The van der Waals surface area contributed by atoms with Crippen LogP contribution in [0.4, 0.5) is 0 Å². The molecule has 0 aliphatic rings. The fraction of sp³-hybridized carbons (Fsp3) is 0.0526. The fourth-order valence-electron chi connectivity index (χ4n) is 3.01. The molecule has 0 spiro atoms. The lowest BCUT2D eigenvalue weighted by Gasteiger charge is -2.08. The molecule has 0 atom stereocenters. The van der Waals surface area contributed by atoms with Crippen molar-refractivity contribution < 1.29 is 9.53 Å². The number of nitrogens with two attached hydrogens (primary N) is 1. The standard InChI is InChI=1S/C19H15N3O2.ClH/c1-24-13-4-2-3-11(7-13)12-8-14-16-10-21-6-5-17(16)22-18(14)15(9-12)19(20)23;/h2-10,22H,1H3,(H2,20,23);1H. The van der Waals surface area contributed by atoms with Crippen molar-refractivity contribution in [3.63, 3.8) is 0 Å². The number of methoxy groups -OCH3 is 1. The van der Waals surface area contributed by atoms with Crippen LogP contribution in [0, 0.1) is 0 Å². The Labute approximate surface area is 150 Å². The quantitative estimate of drug-likeness (QED) is 0.586. The molecule has 4 rings (SSSR count). The van der Waals surface area contributed by atoms with E-state index in [-0.39, 0.29) is 12.4 Å². The van der Waals surface area contributed by atoms with Crippen LogP contribution in [0.25, 0.3) is 32.9 Å². The first-order valence-electron chi connectivity index (χ1n) is 7.51. The minimum absolute atomic E-state index is 0. The average molecular weight is 354 g/mol. The van der Waals surface area contributed by atoms with E-state index in [9.17, 15) is 4.79 Å². The van der Waals surface area contributed by atoms with E-state index in [0.29, 0.717) is 5.56 Å². The molecule has 0 aliphatic heterocycles. The highest BCUT2D eigenvalue weighted by molar-refractivity contribution is 6.15. The first-order chi connectivity index (χ1) is 11.7. The zero-order valence-electron chi connectivity index (χ0n) is 13.4. The predicted molar refractivity (Wildman–Crippen MR) is 101 cm³/mol. The number of nitrogens with zero attached hydrogens (tertiary/aromatic N) is 1. The number of hydrogen-bond acceptors (Lipinski definition) is 3. The highest BCUT2D eigenvalue weighted by Crippen LogP contribution is 2.33. The van der Waals surface area contributed by atoms with Gasteiger partial charge < -0.3 is 15.5 Å². The van der Waals surface area contributed by atoms with Gasteiger partial charge in [0.05, 0.1) is 18.2 Å². The van der Waals surface area contributed by atoms with Gasteiger partial charge in [-0.2, -0.15) is 0 Å². The third-order valence-electron chi connectivity index (χ3n) is 4.18. The summed E-state index contributed by atoms with van der Waals surface area (Å²) < 4.78 is 5.29. The monoisotopic (exact) mass is 353 g/mol. The van der Waals surface area contributed by atoms with Crippen LogP contribution < -0.4 is 10.5 Å². The van der Waals surface area contributed by atoms with Crippen molar-refractivity contribution in [2.75, 3.05) is 7.11 Å². The van der Waals surface area contributed by atoms with Crippen LogP contribution in [0.1, 0.15) is 10.4 Å². The van der Waals surface area contributed by atoms with Crippen molar-refractivity contribution in [2.45, 2.75) is 0 Å². The minimum atomic E-state index is -0.468. The SMILES string of the molecule is COc1cccc(-c2cc(C(N)=O)c3[nH]c4ccncc4c3c2)c1.Cl. The Hall–Kier alpha value is -3.05. The van der Waals surface area contributed by atoms with Crippen molar-refractivity contribution in [2.24, 2.45) is 5.73 Å². The molecule has 6 heteroatoms. The highest BCUT2D eigenvalue weighted by atomic mass is 35.5. The molecule has 0 aliphatic carbocycles. The molecule has 2 heterocycles. The number of carbonyl (C=O) groups excluding carboxylic acids is 1. The molecule has 1 amide bonds. The molecule has 4 aromatic rings. The number of ether oxygens (including phenoxy) is 1. The minimum Gasteiger partial charge on any atom is -0.497 e. The number of halogens is 1. The summed E-state index contributed by atoms with van der Waals surface area (Å²) in [5.74, 6) is 0.290. The summed E-state index contributed by atoms with van der Waals surface area (Å²) in [6.07, 6.45) is 3.50. The number of H-pyrrole nitrogens is 1. The second-order valence-corrected chi connectivity index (χ2v) is 5.59. The molecular formula is C19H16ClN3O2. The Kier molecular flexibility index (Phi) is 4.33. The van der Waals surface area contributed by atoms with Gasteiger partial charge in [0.15, 0.2) is 0 Å². The van der Waals surface area contributed by atoms with E-state index in [0.717, 1.165) is 38.7 Å². The summed E-state index contributed by atoms with van der Waals surface area (Å²) in [6.45, 7) is 0. The van der Waals surface area contributed by atoms with E-state index >= 15 is 0 Å². The van der Waals surface area contributed by atoms with Crippen LogP contribution in [0.15, 0.2) is 54.9 Å². The molecule has 126 valence electrons. The van der Waals surface area contributed by atoms with Crippen molar-refractivity contribution in [1.82, 2.24) is 9.97 Å². The number of benzene rings is 2. The van der Waals surface area contributed by atoms with Gasteiger partial charge in [0.25, 0.3) is 5.91 Å². The third-order valence-corrected chi connectivity index (χ3v) is 4.18. The molecule has 0 fully saturated rings. The van der Waals surface area contributed by atoms with Crippen molar-refractivity contribution in [3.05, 3.63) is 60.4 Å². The van der Waals surface area contributed by atoms with Crippen LogP contribution in [0.2, 0.25) is 0 Å². The van der Waals surface area contributed by atoms with Gasteiger partial charge in [-0.05, 0) is 41.5 Å². The third kappa shape index (κ3) is 2.79. The van der Waals surface area contributed by atoms with Gasteiger partial charge >= 0.3 is 0 Å². The molecule has 2 aromatic carbocycles. The molecule has 0 radical (unpaired) electrons. The molecule has 0 saturated heterocycles. The van der Waals surface area contributed by atoms with Crippen LogP contribution in [0.5, 0.6) is 5.75 Å². The van der Waals surface area contributed by atoms with Gasteiger partial charge in [0.2, 0.25) is 0 Å². The lowest BCUT2D eigenvalue weighted by atomic mass is 9.99. The maximum atomic E-state index is 12.0. The van der Waals surface area contributed by atoms with Crippen molar-refractivity contribution in [1.29, 1.82) is 0 Å². The Balaban J connectivity index is 0.00000182. The number of rotatable bonds is 3. The first kappa shape index (κ1) is 16.8. The van der Waals surface area contributed by atoms with E-state index in [1.165, 1.54) is 0 Å². The Bertz CT molecular complexity index is 1090. The van der Waals surface area contributed by atoms with Crippen LogP contribution in [-0.4, -0.2) is 23.0 Å². The smallest absolute Gasteiger partial charge is 0.250 e. The normalized spacial score (nSPS) is 10.6. The van der Waals surface area contributed by atoms with Gasteiger partial charge in [-0.1, -0.05) is 12.1 Å². The molecule has 0 unspecified atom stereocenters. The molecule has 5 nitrogen and oxygen atoms in total. The van der Waals surface area contributed by atoms with Gasteiger partial charge in [0, 0.05) is 28.7 Å². The lowest BCUT2D eigenvalue weighted by Crippen LogP contribution is -2.11. The summed E-state index contributed by atoms with van der Waals surface area (Å²) in [5.41, 5.74) is 9.58. The Morgan fingerprint density at radius 3 is 2.72 bits per heavy atom. The number of hydrogen-bond donors (Lipinski definition) is 2. The van der Waals surface area contributed by atoms with Gasteiger partial charge in [-0.15, -0.1) is 12.4 Å². The number of carbonyl (C=O) groups is 1. The van der Waals surface area contributed by atoms with E-state index in [2.05, 4.69) is 9.97 Å². The van der Waals surface area contributed by atoms with Gasteiger partial charge in [-0.3, -0.25) is 9.78 Å². The highest BCUT2D eigenvalue weighted by Gasteiger charge is 2.14. The topological polar surface area (TPSA) is 81.0 Å². The molecule has 25 heavy (non-hydrogen) atoms. The fourth-order valence-corrected chi connectivity index (χ4v) is 3.01. The first-order valence-corrected chi connectivity index (χ1v) is 7.51. The van der Waals surface area contributed by atoms with E-state index in [1.807, 2.05) is 42.5 Å². The number of aromatic nitrogens is 2. The van der Waals surface area contributed by atoms with Crippen molar-refractivity contribution >= 4 is 40.1 Å². The predicted octanol–water partition coefficient (Wildman–Crippen LogP) is 3.91. The van der Waals surface area contributed by atoms with Crippen LogP contribution >= 0.6 is 12.4 Å². The zero-order chi connectivity index (χ0) is 16.7. The number of fused-ring (bicyclic) bond motifs is 3. The van der Waals surface area contributed by atoms with E-state index in [4.69, 9.17) is 10.5 Å². The summed E-state index contributed by atoms with van der Waals surface area (Å²) in [7, 11) is 1.63. The van der Waals surface area contributed by atoms with Crippen molar-refractivity contribution in [3.8, 4) is 16.9 Å². The average Bonchev–Trinajstić information content (AvgIpc) is 2.99. The van der Waals surface area contributed by atoms with Crippen LogP contribution in [-0.2, 0) is 0 Å². The Morgan fingerprint density at radius 1 is 1.12 bits per heavy atom. The maximum absolute atomic E-state index is 12.0. The number of primary amides is 1. The number of nitrogens with one attached hydrogen (secondary N) is 1. The number of amides is 1. The molecular weight excluding hydrogens is 338 g/mol. The molecule has 0 bridgehead atoms. The molecule has 2 aromatic heterocycles.